The van der Waals surface area contributed by atoms with E-state index < -0.39 is 23.3 Å². The first kappa shape index (κ1) is 17.6. The van der Waals surface area contributed by atoms with E-state index in [1.54, 1.807) is 25.1 Å². The number of carboxylic acids is 1. The Kier molecular flexibility index (Phi) is 4.72. The van der Waals surface area contributed by atoms with Gasteiger partial charge in [0.25, 0.3) is 5.91 Å². The van der Waals surface area contributed by atoms with Gasteiger partial charge in [-0.2, -0.15) is 5.26 Å². The van der Waals surface area contributed by atoms with E-state index in [0.29, 0.717) is 23.2 Å². The molecule has 2 aromatic rings. The molecule has 2 aromatic carbocycles. The normalized spacial score (nSPS) is 13.1. The van der Waals surface area contributed by atoms with Crippen LogP contribution in [0.2, 0.25) is 0 Å². The number of hydrogen-bond donors (Lipinski definition) is 1. The van der Waals surface area contributed by atoms with Crippen molar-refractivity contribution in [2.45, 2.75) is 19.8 Å². The second-order valence-electron chi connectivity index (χ2n) is 6.44. The molecule has 0 spiro atoms. The number of halogens is 1. The molecule has 1 fully saturated rings. The number of rotatable bonds is 5. The molecular weight excluding hydrogens is 335 g/mol. The van der Waals surface area contributed by atoms with Crippen LogP contribution < -0.4 is 4.90 Å². The number of aromatic carboxylic acids is 1. The Morgan fingerprint density at radius 1 is 1.27 bits per heavy atom. The van der Waals surface area contributed by atoms with Gasteiger partial charge in [-0.05, 0) is 61.6 Å². The van der Waals surface area contributed by atoms with Crippen molar-refractivity contribution in [2.75, 3.05) is 11.4 Å². The molecule has 5 nitrogen and oxygen atoms in total. The number of carboxylic acid groups (broad SMARTS) is 1. The molecule has 1 amide bonds. The Morgan fingerprint density at radius 2 is 2.00 bits per heavy atom. The van der Waals surface area contributed by atoms with Gasteiger partial charge in [0.1, 0.15) is 0 Å². The van der Waals surface area contributed by atoms with Crippen molar-refractivity contribution in [1.29, 1.82) is 5.26 Å². The minimum absolute atomic E-state index is 0.0365. The van der Waals surface area contributed by atoms with Crippen molar-refractivity contribution in [3.05, 3.63) is 64.5 Å². The van der Waals surface area contributed by atoms with Crippen molar-refractivity contribution < 1.29 is 19.1 Å². The highest BCUT2D eigenvalue weighted by atomic mass is 19.1. The van der Waals surface area contributed by atoms with Gasteiger partial charge in [-0.1, -0.05) is 6.07 Å². The zero-order valence-corrected chi connectivity index (χ0v) is 14.2. The molecular formula is C20H17FN2O3. The van der Waals surface area contributed by atoms with Crippen molar-refractivity contribution >= 4 is 17.6 Å². The topological polar surface area (TPSA) is 81.4 Å². The summed E-state index contributed by atoms with van der Waals surface area (Å²) >= 11 is 0. The molecule has 0 saturated heterocycles. The second-order valence-corrected chi connectivity index (χ2v) is 6.44. The average molecular weight is 352 g/mol. The lowest BCUT2D eigenvalue weighted by atomic mass is 10.0. The number of aryl methyl sites for hydroxylation is 1. The maximum atomic E-state index is 14.7. The molecule has 0 radical (unpaired) electrons. The van der Waals surface area contributed by atoms with Crippen LogP contribution in [0.25, 0.3) is 0 Å². The molecule has 0 heterocycles. The SMILES string of the molecule is Cc1cc(C#N)ccc1C(=O)N(CC1CC1)c1cccc(C(=O)O)c1F. The molecule has 0 bridgehead atoms. The van der Waals surface area contributed by atoms with Crippen molar-refractivity contribution in [3.63, 3.8) is 0 Å². The van der Waals surface area contributed by atoms with Crippen LogP contribution in [0.15, 0.2) is 36.4 Å². The van der Waals surface area contributed by atoms with Gasteiger partial charge in [0, 0.05) is 12.1 Å². The highest BCUT2D eigenvalue weighted by Crippen LogP contribution is 2.34. The summed E-state index contributed by atoms with van der Waals surface area (Å²) in [4.78, 5) is 25.6. The molecule has 1 aliphatic rings. The molecule has 0 aromatic heterocycles. The van der Waals surface area contributed by atoms with Crippen molar-refractivity contribution in [2.24, 2.45) is 5.92 Å². The molecule has 3 rings (SSSR count). The van der Waals surface area contributed by atoms with E-state index in [2.05, 4.69) is 0 Å². The number of carbonyl (C=O) groups excluding carboxylic acids is 1. The smallest absolute Gasteiger partial charge is 0.338 e. The monoisotopic (exact) mass is 352 g/mol. The van der Waals surface area contributed by atoms with E-state index in [4.69, 9.17) is 10.4 Å². The van der Waals surface area contributed by atoms with Gasteiger partial charge in [0.15, 0.2) is 5.82 Å². The summed E-state index contributed by atoms with van der Waals surface area (Å²) in [6.07, 6.45) is 1.91. The quantitative estimate of drug-likeness (QED) is 0.888. The molecule has 132 valence electrons. The molecule has 1 aliphatic carbocycles. The van der Waals surface area contributed by atoms with Gasteiger partial charge < -0.3 is 10.0 Å². The minimum atomic E-state index is -1.38. The van der Waals surface area contributed by atoms with Crippen LogP contribution in [0, 0.1) is 30.0 Å². The Labute approximate surface area is 150 Å². The fraction of sp³-hybridized carbons (Fsp3) is 0.250. The summed E-state index contributed by atoms with van der Waals surface area (Å²) in [6, 6.07) is 10.7. The van der Waals surface area contributed by atoms with Gasteiger partial charge >= 0.3 is 5.97 Å². The number of amides is 1. The maximum absolute atomic E-state index is 14.7. The third-order valence-electron chi connectivity index (χ3n) is 4.47. The van der Waals surface area contributed by atoms with E-state index in [9.17, 15) is 14.0 Å². The fourth-order valence-electron chi connectivity index (χ4n) is 2.86. The molecule has 0 aliphatic heterocycles. The van der Waals surface area contributed by atoms with Crippen LogP contribution in [-0.4, -0.2) is 23.5 Å². The van der Waals surface area contributed by atoms with Crippen LogP contribution in [0.4, 0.5) is 10.1 Å². The molecule has 0 unspecified atom stereocenters. The maximum Gasteiger partial charge on any atom is 0.338 e. The number of nitrogens with zero attached hydrogens (tertiary/aromatic N) is 2. The van der Waals surface area contributed by atoms with Crippen molar-refractivity contribution in [1.82, 2.24) is 0 Å². The summed E-state index contributed by atoms with van der Waals surface area (Å²) in [5.41, 5.74) is 0.916. The van der Waals surface area contributed by atoms with Gasteiger partial charge in [0.05, 0.1) is 22.9 Å². The van der Waals surface area contributed by atoms with Crippen molar-refractivity contribution in [3.8, 4) is 6.07 Å². The Hall–Kier alpha value is -3.20. The average Bonchev–Trinajstić information content (AvgIpc) is 3.43. The Balaban J connectivity index is 2.04. The minimum Gasteiger partial charge on any atom is -0.478 e. The molecule has 6 heteroatoms. The Bertz CT molecular complexity index is 929. The zero-order chi connectivity index (χ0) is 18.8. The lowest BCUT2D eigenvalue weighted by Gasteiger charge is -2.24. The summed E-state index contributed by atoms with van der Waals surface area (Å²) in [6.45, 7) is 2.05. The first-order chi connectivity index (χ1) is 12.4. The lowest BCUT2D eigenvalue weighted by molar-refractivity contribution is 0.0691. The van der Waals surface area contributed by atoms with Gasteiger partial charge in [-0.25, -0.2) is 9.18 Å². The fourth-order valence-corrected chi connectivity index (χ4v) is 2.86. The standard InChI is InChI=1S/C20H17FN2O3/c1-12-9-14(10-22)7-8-15(12)19(24)23(11-13-5-6-13)17-4-2-3-16(18(17)21)20(25)26/h2-4,7-9,13H,5-6,11H2,1H3,(H,25,26). The lowest BCUT2D eigenvalue weighted by Crippen LogP contribution is -2.34. The van der Waals surface area contributed by atoms with Gasteiger partial charge in [-0.15, -0.1) is 0 Å². The van der Waals surface area contributed by atoms with E-state index in [0.717, 1.165) is 12.8 Å². The molecule has 26 heavy (non-hydrogen) atoms. The third-order valence-corrected chi connectivity index (χ3v) is 4.47. The van der Waals surface area contributed by atoms with Crippen LogP contribution >= 0.6 is 0 Å². The first-order valence-electron chi connectivity index (χ1n) is 8.26. The highest BCUT2D eigenvalue weighted by molar-refractivity contribution is 6.07. The van der Waals surface area contributed by atoms with Crippen LogP contribution in [0.5, 0.6) is 0 Å². The predicted molar refractivity (Wildman–Crippen MR) is 93.7 cm³/mol. The zero-order valence-electron chi connectivity index (χ0n) is 14.2. The number of anilines is 1. The van der Waals surface area contributed by atoms with Crippen LogP contribution in [-0.2, 0) is 0 Å². The number of hydrogen-bond acceptors (Lipinski definition) is 3. The third kappa shape index (κ3) is 3.42. The molecule has 1 saturated carbocycles. The van der Waals surface area contributed by atoms with E-state index in [1.165, 1.54) is 23.1 Å². The molecule has 1 N–H and O–H groups in total. The number of nitriles is 1. The summed E-state index contributed by atoms with van der Waals surface area (Å²) in [5.74, 6) is -2.41. The van der Waals surface area contributed by atoms with E-state index in [-0.39, 0.29) is 11.6 Å². The van der Waals surface area contributed by atoms with Crippen LogP contribution in [0.3, 0.4) is 0 Å². The second kappa shape index (κ2) is 6.96. The summed E-state index contributed by atoms with van der Waals surface area (Å²) in [7, 11) is 0. The first-order valence-corrected chi connectivity index (χ1v) is 8.26. The molecule has 0 atom stereocenters. The van der Waals surface area contributed by atoms with E-state index in [1.807, 2.05) is 6.07 Å². The summed E-state index contributed by atoms with van der Waals surface area (Å²) < 4.78 is 14.7. The van der Waals surface area contributed by atoms with Gasteiger partial charge in [-0.3, -0.25) is 4.79 Å². The largest absolute Gasteiger partial charge is 0.478 e. The predicted octanol–water partition coefficient (Wildman–Crippen LogP) is 3.76. The number of carbonyl (C=O) groups is 2. The highest BCUT2D eigenvalue weighted by Gasteiger charge is 2.31. The number of benzene rings is 2. The van der Waals surface area contributed by atoms with Gasteiger partial charge in [0.2, 0.25) is 0 Å². The Morgan fingerprint density at radius 3 is 2.58 bits per heavy atom. The van der Waals surface area contributed by atoms with E-state index >= 15 is 0 Å². The summed E-state index contributed by atoms with van der Waals surface area (Å²) in [5, 5.41) is 18.1. The van der Waals surface area contributed by atoms with Crippen LogP contribution in [0.1, 0.15) is 44.7 Å².